The summed E-state index contributed by atoms with van der Waals surface area (Å²) in [6.07, 6.45) is 0. The summed E-state index contributed by atoms with van der Waals surface area (Å²) >= 11 is 0. The van der Waals surface area contributed by atoms with E-state index in [1.807, 2.05) is 0 Å². The van der Waals surface area contributed by atoms with Crippen LogP contribution in [0.15, 0.2) is 75.8 Å². The number of nitro benzene ring substituents is 1. The van der Waals surface area contributed by atoms with Gasteiger partial charge in [0.2, 0.25) is 0 Å². The van der Waals surface area contributed by atoms with Crippen molar-refractivity contribution in [1.29, 1.82) is 0 Å². The first kappa shape index (κ1) is 23.6. The van der Waals surface area contributed by atoms with Crippen LogP contribution >= 0.6 is 0 Å². The molecule has 0 atom stereocenters. The second kappa shape index (κ2) is 8.81. The number of nitrogens with zero attached hydrogens (tertiary/aromatic N) is 3. The summed E-state index contributed by atoms with van der Waals surface area (Å²) in [5.74, 6) is -0.887. The molecule has 4 aromatic carbocycles. The molecular weight excluding hydrogens is 449 g/mol. The number of rotatable bonds is 4. The van der Waals surface area contributed by atoms with Crippen molar-refractivity contribution in [3.05, 3.63) is 70.8 Å². The number of hydrogen-bond donors (Lipinski definition) is 2. The zero-order chi connectivity index (χ0) is 22.3. The van der Waals surface area contributed by atoms with Gasteiger partial charge in [-0.15, -0.1) is 10.2 Å². The summed E-state index contributed by atoms with van der Waals surface area (Å²) in [6, 6.07) is 14.3. The number of azo groups is 1. The first-order chi connectivity index (χ1) is 14.7. The van der Waals surface area contributed by atoms with Gasteiger partial charge in [0.15, 0.2) is 5.75 Å². The monoisotopic (exact) mass is 461 g/mol. The second-order valence-electron chi connectivity index (χ2n) is 6.51. The molecule has 0 amide bonds. The molecule has 156 valence electrons. The Bertz CT molecular complexity index is 1520. The maximum absolute atomic E-state index is 11.7. The van der Waals surface area contributed by atoms with E-state index >= 15 is 0 Å². The van der Waals surface area contributed by atoms with E-state index in [-0.39, 0.29) is 52.1 Å². The van der Waals surface area contributed by atoms with Crippen molar-refractivity contribution in [2.75, 3.05) is 0 Å². The summed E-state index contributed by atoms with van der Waals surface area (Å²) < 4.78 is 35.0. The number of aromatic hydroxyl groups is 2. The molecule has 0 aliphatic heterocycles. The summed E-state index contributed by atoms with van der Waals surface area (Å²) in [4.78, 5) is 9.61. The summed E-state index contributed by atoms with van der Waals surface area (Å²) in [5, 5.41) is 40.6. The molecule has 32 heavy (non-hydrogen) atoms. The van der Waals surface area contributed by atoms with Gasteiger partial charge >= 0.3 is 29.6 Å². The quantitative estimate of drug-likeness (QED) is 0.153. The zero-order valence-electron chi connectivity index (χ0n) is 16.5. The Morgan fingerprint density at radius 3 is 2.28 bits per heavy atom. The Hall–Kier alpha value is -3.09. The van der Waals surface area contributed by atoms with Crippen LogP contribution in [0.25, 0.3) is 21.5 Å². The number of benzene rings is 4. The average Bonchev–Trinajstić information content (AvgIpc) is 2.72. The van der Waals surface area contributed by atoms with Crippen molar-refractivity contribution < 1.29 is 57.7 Å². The maximum atomic E-state index is 11.7. The Labute approximate surface area is 203 Å². The molecule has 0 aromatic heterocycles. The van der Waals surface area contributed by atoms with E-state index in [4.69, 9.17) is 0 Å². The fraction of sp³-hybridized carbons (Fsp3) is 0. The molecule has 0 saturated carbocycles. The molecule has 0 aliphatic carbocycles. The molecule has 12 heteroatoms. The number of non-ortho nitro benzene ring substituents is 1. The van der Waals surface area contributed by atoms with Gasteiger partial charge in [-0.3, -0.25) is 10.1 Å². The Kier molecular flexibility index (Phi) is 6.49. The van der Waals surface area contributed by atoms with Gasteiger partial charge < -0.3 is 14.8 Å². The molecule has 0 fully saturated rings. The van der Waals surface area contributed by atoms with Crippen LogP contribution in [-0.2, 0) is 10.1 Å². The minimum Gasteiger partial charge on any atom is -0.744 e. The molecule has 0 heterocycles. The van der Waals surface area contributed by atoms with E-state index < -0.39 is 36.8 Å². The number of fused-ring (bicyclic) bond motifs is 2. The van der Waals surface area contributed by atoms with Gasteiger partial charge in [0.05, 0.1) is 15.2 Å². The van der Waals surface area contributed by atoms with Crippen LogP contribution in [0.4, 0.5) is 17.1 Å². The SMILES string of the molecule is O=[N+]([O-])c1cccc2c(N=Nc3ccc4ccccc4c3O)c(O)cc(S(=O)(=O)[O-])c12.[Na+]. The number of phenolic OH excluding ortho intramolecular Hbond substituents is 2. The van der Waals surface area contributed by atoms with Crippen molar-refractivity contribution in [3.8, 4) is 11.5 Å². The van der Waals surface area contributed by atoms with Crippen LogP contribution in [0, 0.1) is 10.1 Å². The minimum atomic E-state index is -5.15. The third kappa shape index (κ3) is 4.16. The van der Waals surface area contributed by atoms with Crippen LogP contribution in [-0.4, -0.2) is 28.1 Å². The third-order valence-electron chi connectivity index (χ3n) is 4.66. The second-order valence-corrected chi connectivity index (χ2v) is 7.86. The summed E-state index contributed by atoms with van der Waals surface area (Å²) in [6.45, 7) is 0. The van der Waals surface area contributed by atoms with Crippen molar-refractivity contribution in [2.45, 2.75) is 4.90 Å². The predicted octanol–water partition coefficient (Wildman–Crippen LogP) is 1.64. The van der Waals surface area contributed by atoms with Crippen molar-refractivity contribution in [1.82, 2.24) is 0 Å². The molecule has 10 nitrogen and oxygen atoms in total. The molecule has 0 saturated heterocycles. The Balaban J connectivity index is 0.00000289. The molecule has 2 N–H and O–H groups in total. The fourth-order valence-corrected chi connectivity index (χ4v) is 4.00. The number of phenols is 2. The maximum Gasteiger partial charge on any atom is 1.00 e. The van der Waals surface area contributed by atoms with E-state index in [0.29, 0.717) is 11.5 Å². The van der Waals surface area contributed by atoms with Gasteiger partial charge in [-0.2, -0.15) is 0 Å². The van der Waals surface area contributed by atoms with E-state index in [2.05, 4.69) is 10.2 Å². The topological polar surface area (TPSA) is 166 Å². The van der Waals surface area contributed by atoms with Crippen LogP contribution in [0.3, 0.4) is 0 Å². The van der Waals surface area contributed by atoms with Crippen molar-refractivity contribution in [2.24, 2.45) is 10.2 Å². The van der Waals surface area contributed by atoms with Crippen LogP contribution in [0.5, 0.6) is 11.5 Å². The minimum absolute atomic E-state index is 0. The normalized spacial score (nSPS) is 11.7. The summed E-state index contributed by atoms with van der Waals surface area (Å²) in [5.41, 5.74) is -0.882. The number of nitro groups is 1. The van der Waals surface area contributed by atoms with E-state index in [9.17, 15) is 33.3 Å². The predicted molar refractivity (Wildman–Crippen MR) is 110 cm³/mol. The Morgan fingerprint density at radius 2 is 1.59 bits per heavy atom. The standard InChI is InChI=1S/C20H13N3O7S.Na/c24-16-10-17(31(28,29)30)18-13(6-3-7-15(18)23(26)27)19(16)22-21-14-9-8-11-4-1-2-5-12(11)20(14)25;/h1-10,24-25H,(H,28,29,30);/q;+1/p-1. The van der Waals surface area contributed by atoms with Gasteiger partial charge in [-0.05, 0) is 11.5 Å². The smallest absolute Gasteiger partial charge is 0.744 e. The molecule has 0 bridgehead atoms. The molecule has 0 aliphatic rings. The van der Waals surface area contributed by atoms with Gasteiger partial charge in [-0.1, -0.05) is 42.5 Å². The van der Waals surface area contributed by atoms with Gasteiger partial charge in [0.25, 0.3) is 5.69 Å². The molecule has 4 rings (SSSR count). The van der Waals surface area contributed by atoms with Gasteiger partial charge in [0, 0.05) is 22.9 Å². The van der Waals surface area contributed by atoms with Crippen LogP contribution in [0.2, 0.25) is 0 Å². The van der Waals surface area contributed by atoms with Crippen LogP contribution < -0.4 is 29.6 Å². The first-order valence-electron chi connectivity index (χ1n) is 8.70. The van der Waals surface area contributed by atoms with Crippen molar-refractivity contribution in [3.63, 3.8) is 0 Å². The first-order valence-corrected chi connectivity index (χ1v) is 10.1. The van der Waals surface area contributed by atoms with E-state index in [1.54, 1.807) is 30.3 Å². The summed E-state index contributed by atoms with van der Waals surface area (Å²) in [7, 11) is -5.15. The molecular formula is C20H12N3NaO7S. The van der Waals surface area contributed by atoms with Crippen LogP contribution in [0.1, 0.15) is 0 Å². The zero-order valence-corrected chi connectivity index (χ0v) is 19.3. The molecule has 0 spiro atoms. The average molecular weight is 461 g/mol. The van der Waals surface area contributed by atoms with E-state index in [0.717, 1.165) is 11.5 Å². The van der Waals surface area contributed by atoms with E-state index in [1.165, 1.54) is 18.2 Å². The largest absolute Gasteiger partial charge is 1.00 e. The molecule has 0 radical (unpaired) electrons. The fourth-order valence-electron chi connectivity index (χ4n) is 3.28. The van der Waals surface area contributed by atoms with Gasteiger partial charge in [-0.25, -0.2) is 8.42 Å². The Morgan fingerprint density at radius 1 is 0.906 bits per heavy atom. The third-order valence-corrected chi connectivity index (χ3v) is 5.52. The molecule has 4 aromatic rings. The van der Waals surface area contributed by atoms with Crippen molar-refractivity contribution >= 4 is 48.7 Å². The number of hydrogen-bond acceptors (Lipinski definition) is 9. The molecule has 0 unspecified atom stereocenters. The van der Waals surface area contributed by atoms with Gasteiger partial charge in [0.1, 0.15) is 27.2 Å².